The van der Waals surface area contributed by atoms with Gasteiger partial charge in [0.15, 0.2) is 0 Å². The number of ether oxygens (including phenoxy) is 1. The molecule has 0 unspecified atom stereocenters. The average molecular weight is 285 g/mol. The maximum Gasteiger partial charge on any atom is 0.321 e. The highest BCUT2D eigenvalue weighted by Gasteiger charge is 2.09. The highest BCUT2D eigenvalue weighted by molar-refractivity contribution is 5.89. The van der Waals surface area contributed by atoms with E-state index in [0.29, 0.717) is 6.54 Å². The van der Waals surface area contributed by atoms with Gasteiger partial charge < -0.3 is 15.0 Å². The van der Waals surface area contributed by atoms with E-state index >= 15 is 0 Å². The van der Waals surface area contributed by atoms with E-state index in [0.717, 1.165) is 23.6 Å². The normalized spacial score (nSPS) is 10.0. The molecular formula is C16H19N3O2. The van der Waals surface area contributed by atoms with Crippen LogP contribution < -0.4 is 10.1 Å². The summed E-state index contributed by atoms with van der Waals surface area (Å²) in [6, 6.07) is 12.9. The third-order valence-electron chi connectivity index (χ3n) is 3.12. The van der Waals surface area contributed by atoms with E-state index in [2.05, 4.69) is 10.3 Å². The average Bonchev–Trinajstić information content (AvgIpc) is 2.54. The first-order chi connectivity index (χ1) is 10.2. The summed E-state index contributed by atoms with van der Waals surface area (Å²) >= 11 is 0. The number of aromatic nitrogens is 1. The van der Waals surface area contributed by atoms with E-state index in [1.165, 1.54) is 0 Å². The lowest BCUT2D eigenvalue weighted by atomic mass is 10.2. The maximum atomic E-state index is 12.1. The van der Waals surface area contributed by atoms with Crippen LogP contribution in [0.1, 0.15) is 5.69 Å². The number of pyridine rings is 1. The van der Waals surface area contributed by atoms with Crippen molar-refractivity contribution in [1.82, 2.24) is 9.88 Å². The third-order valence-corrected chi connectivity index (χ3v) is 3.12. The maximum absolute atomic E-state index is 12.1. The molecule has 1 heterocycles. The molecule has 0 aliphatic carbocycles. The highest BCUT2D eigenvalue weighted by Crippen LogP contribution is 2.15. The van der Waals surface area contributed by atoms with Crippen molar-refractivity contribution in [3.05, 3.63) is 54.4 Å². The summed E-state index contributed by atoms with van der Waals surface area (Å²) in [6.07, 6.45) is 2.49. The molecule has 1 aromatic heterocycles. The number of anilines is 1. The third kappa shape index (κ3) is 4.49. The lowest BCUT2D eigenvalue weighted by molar-refractivity contribution is 0.223. The van der Waals surface area contributed by atoms with Gasteiger partial charge in [-0.15, -0.1) is 0 Å². The van der Waals surface area contributed by atoms with Crippen molar-refractivity contribution in [3.8, 4) is 5.75 Å². The number of amides is 2. The molecule has 110 valence electrons. The van der Waals surface area contributed by atoms with Crippen LogP contribution in [0, 0.1) is 0 Å². The van der Waals surface area contributed by atoms with Gasteiger partial charge in [0.05, 0.1) is 7.11 Å². The van der Waals surface area contributed by atoms with Crippen LogP contribution in [0.5, 0.6) is 5.75 Å². The Morgan fingerprint density at radius 1 is 1.24 bits per heavy atom. The highest BCUT2D eigenvalue weighted by atomic mass is 16.5. The lowest BCUT2D eigenvalue weighted by Gasteiger charge is -2.17. The molecule has 0 radical (unpaired) electrons. The molecule has 0 bridgehead atoms. The molecule has 0 spiro atoms. The van der Waals surface area contributed by atoms with E-state index in [4.69, 9.17) is 4.74 Å². The fraction of sp³-hybridized carbons (Fsp3) is 0.250. The Morgan fingerprint density at radius 2 is 2.00 bits per heavy atom. The summed E-state index contributed by atoms with van der Waals surface area (Å²) in [4.78, 5) is 17.9. The molecule has 1 aromatic carbocycles. The standard InChI is InChI=1S/C16H19N3O2/c1-19(12-10-13-5-3-4-11-17-13)16(20)18-14-6-8-15(21-2)9-7-14/h3-9,11H,10,12H2,1-2H3,(H,18,20). The summed E-state index contributed by atoms with van der Waals surface area (Å²) in [5.74, 6) is 0.761. The Morgan fingerprint density at radius 3 is 2.62 bits per heavy atom. The summed E-state index contributed by atoms with van der Waals surface area (Å²) in [7, 11) is 3.38. The SMILES string of the molecule is COc1ccc(NC(=O)N(C)CCc2ccccn2)cc1. The largest absolute Gasteiger partial charge is 0.497 e. The fourth-order valence-corrected chi connectivity index (χ4v) is 1.82. The number of urea groups is 1. The Balaban J connectivity index is 1.84. The van der Waals surface area contributed by atoms with Crippen LogP contribution in [-0.4, -0.2) is 36.6 Å². The van der Waals surface area contributed by atoms with Crippen molar-refractivity contribution in [3.63, 3.8) is 0 Å². The van der Waals surface area contributed by atoms with Gasteiger partial charge in [-0.1, -0.05) is 6.07 Å². The number of carbonyl (C=O) groups excluding carboxylic acids is 1. The molecule has 5 nitrogen and oxygen atoms in total. The van der Waals surface area contributed by atoms with Crippen molar-refractivity contribution < 1.29 is 9.53 Å². The number of carbonyl (C=O) groups is 1. The van der Waals surface area contributed by atoms with Gasteiger partial charge in [-0.2, -0.15) is 0 Å². The number of nitrogens with one attached hydrogen (secondary N) is 1. The van der Waals surface area contributed by atoms with Gasteiger partial charge in [-0.25, -0.2) is 4.79 Å². The molecule has 0 saturated heterocycles. The second-order valence-corrected chi connectivity index (χ2v) is 4.65. The zero-order chi connectivity index (χ0) is 15.1. The Hall–Kier alpha value is -2.56. The van der Waals surface area contributed by atoms with Gasteiger partial charge in [0.1, 0.15) is 5.75 Å². The first-order valence-corrected chi connectivity index (χ1v) is 6.75. The second kappa shape index (κ2) is 7.28. The van der Waals surface area contributed by atoms with Crippen LogP contribution >= 0.6 is 0 Å². The molecule has 21 heavy (non-hydrogen) atoms. The number of benzene rings is 1. The number of rotatable bonds is 5. The van der Waals surface area contributed by atoms with Crippen molar-refractivity contribution in [2.24, 2.45) is 0 Å². The molecule has 2 aromatic rings. The summed E-state index contributed by atoms with van der Waals surface area (Å²) in [5, 5.41) is 2.84. The predicted octanol–water partition coefficient (Wildman–Crippen LogP) is 2.80. The number of likely N-dealkylation sites (N-methyl/N-ethyl adjacent to an activating group) is 1. The smallest absolute Gasteiger partial charge is 0.321 e. The van der Waals surface area contributed by atoms with Crippen molar-refractivity contribution in [2.45, 2.75) is 6.42 Å². The monoisotopic (exact) mass is 285 g/mol. The Labute approximate surface area is 124 Å². The van der Waals surface area contributed by atoms with Crippen LogP contribution in [0.15, 0.2) is 48.7 Å². The van der Waals surface area contributed by atoms with Crippen molar-refractivity contribution >= 4 is 11.7 Å². The van der Waals surface area contributed by atoms with Crippen LogP contribution in [0.25, 0.3) is 0 Å². The number of methoxy groups -OCH3 is 1. The number of hydrogen-bond donors (Lipinski definition) is 1. The molecule has 0 aliphatic rings. The van der Waals surface area contributed by atoms with Gasteiger partial charge in [-0.05, 0) is 36.4 Å². The second-order valence-electron chi connectivity index (χ2n) is 4.65. The van der Waals surface area contributed by atoms with Crippen LogP contribution in [0.3, 0.4) is 0 Å². The summed E-state index contributed by atoms with van der Waals surface area (Å²) < 4.78 is 5.08. The summed E-state index contributed by atoms with van der Waals surface area (Å²) in [6.45, 7) is 0.610. The molecule has 5 heteroatoms. The molecule has 2 rings (SSSR count). The molecule has 0 saturated carbocycles. The van der Waals surface area contributed by atoms with Gasteiger partial charge in [0, 0.05) is 37.6 Å². The molecule has 2 amide bonds. The van der Waals surface area contributed by atoms with E-state index < -0.39 is 0 Å². The molecular weight excluding hydrogens is 266 g/mol. The number of nitrogens with zero attached hydrogens (tertiary/aromatic N) is 2. The topological polar surface area (TPSA) is 54.5 Å². The van der Waals surface area contributed by atoms with E-state index in [1.54, 1.807) is 25.3 Å². The fourth-order valence-electron chi connectivity index (χ4n) is 1.82. The zero-order valence-corrected chi connectivity index (χ0v) is 12.2. The van der Waals surface area contributed by atoms with Gasteiger partial charge in [0.25, 0.3) is 0 Å². The minimum absolute atomic E-state index is 0.143. The minimum Gasteiger partial charge on any atom is -0.497 e. The first kappa shape index (κ1) is 14.8. The van der Waals surface area contributed by atoms with E-state index in [1.807, 2.05) is 42.5 Å². The molecule has 0 fully saturated rings. The Kier molecular flexibility index (Phi) is 5.15. The molecule has 0 aliphatic heterocycles. The van der Waals surface area contributed by atoms with Crippen molar-refractivity contribution in [2.75, 3.05) is 26.0 Å². The van der Waals surface area contributed by atoms with Gasteiger partial charge in [-0.3, -0.25) is 4.98 Å². The number of hydrogen-bond acceptors (Lipinski definition) is 3. The predicted molar refractivity (Wildman–Crippen MR) is 82.6 cm³/mol. The van der Waals surface area contributed by atoms with Crippen LogP contribution in [-0.2, 0) is 6.42 Å². The van der Waals surface area contributed by atoms with E-state index in [9.17, 15) is 4.79 Å². The quantitative estimate of drug-likeness (QED) is 0.919. The van der Waals surface area contributed by atoms with Crippen molar-refractivity contribution in [1.29, 1.82) is 0 Å². The van der Waals surface area contributed by atoms with Gasteiger partial charge in [0.2, 0.25) is 0 Å². The molecule has 0 atom stereocenters. The lowest BCUT2D eigenvalue weighted by Crippen LogP contribution is -2.33. The first-order valence-electron chi connectivity index (χ1n) is 6.75. The zero-order valence-electron chi connectivity index (χ0n) is 12.2. The summed E-state index contributed by atoms with van der Waals surface area (Å²) in [5.41, 5.74) is 1.71. The van der Waals surface area contributed by atoms with Gasteiger partial charge >= 0.3 is 6.03 Å². The molecule has 1 N–H and O–H groups in total. The Bertz CT molecular complexity index is 570. The van der Waals surface area contributed by atoms with E-state index in [-0.39, 0.29) is 6.03 Å². The van der Waals surface area contributed by atoms with Crippen LogP contribution in [0.4, 0.5) is 10.5 Å². The minimum atomic E-state index is -0.143. The van der Waals surface area contributed by atoms with Crippen LogP contribution in [0.2, 0.25) is 0 Å².